The maximum atomic E-state index is 11.9. The van der Waals surface area contributed by atoms with Crippen LogP contribution in [-0.4, -0.2) is 48.0 Å². The van der Waals surface area contributed by atoms with E-state index in [4.69, 9.17) is 4.74 Å². The van der Waals surface area contributed by atoms with Gasteiger partial charge in [-0.15, -0.1) is 0 Å². The number of anilines is 2. The third kappa shape index (κ3) is 4.13. The van der Waals surface area contributed by atoms with E-state index in [1.54, 1.807) is 4.90 Å². The van der Waals surface area contributed by atoms with Gasteiger partial charge in [-0.2, -0.15) is 0 Å². The van der Waals surface area contributed by atoms with E-state index in [0.29, 0.717) is 26.2 Å². The molecule has 3 aromatic rings. The van der Waals surface area contributed by atoms with Crippen molar-refractivity contribution >= 4 is 28.1 Å². The lowest BCUT2D eigenvalue weighted by Crippen LogP contribution is -2.41. The number of carbonyl (C=O) groups excluding carboxylic acids is 1. The molecule has 1 aliphatic heterocycles. The van der Waals surface area contributed by atoms with Crippen LogP contribution in [0.5, 0.6) is 0 Å². The van der Waals surface area contributed by atoms with Crippen molar-refractivity contribution in [1.29, 1.82) is 0 Å². The number of fused-ring (bicyclic) bond motifs is 1. The van der Waals surface area contributed by atoms with Crippen LogP contribution in [0, 0.1) is 0 Å². The Morgan fingerprint density at radius 3 is 2.44 bits per heavy atom. The maximum absolute atomic E-state index is 11.9. The summed E-state index contributed by atoms with van der Waals surface area (Å²) in [6, 6.07) is 15.8. The number of carbonyl (C=O) groups is 1. The van der Waals surface area contributed by atoms with Gasteiger partial charge in [-0.05, 0) is 35.0 Å². The van der Waals surface area contributed by atoms with Crippen molar-refractivity contribution in [2.45, 2.75) is 12.6 Å². The summed E-state index contributed by atoms with van der Waals surface area (Å²) < 4.78 is 7.17. The number of benzene rings is 2. The fourth-order valence-electron chi connectivity index (χ4n) is 3.34. The minimum absolute atomic E-state index is 0.0171. The number of hydrogen-bond donors (Lipinski definition) is 2. The molecule has 1 amide bonds. The Bertz CT molecular complexity index is 887. The zero-order valence-electron chi connectivity index (χ0n) is 15.0. The van der Waals surface area contributed by atoms with E-state index >= 15 is 0 Å². The predicted molar refractivity (Wildman–Crippen MR) is 106 cm³/mol. The molecule has 1 fully saturated rings. The average Bonchev–Trinajstić information content (AvgIpc) is 3.09. The Hall–Kier alpha value is -2.83. The monoisotopic (exact) mass is 365 g/mol. The summed E-state index contributed by atoms with van der Waals surface area (Å²) in [5.41, 5.74) is 1.78. The highest BCUT2D eigenvalue weighted by molar-refractivity contribution is 5.95. The van der Waals surface area contributed by atoms with Gasteiger partial charge in [-0.1, -0.05) is 24.3 Å². The molecular formula is C21H23N3O3. The molecule has 1 atom stereocenters. The Morgan fingerprint density at radius 2 is 1.78 bits per heavy atom. The number of ether oxygens (including phenoxy) is 1. The minimum atomic E-state index is -0.507. The first kappa shape index (κ1) is 17.6. The fourth-order valence-corrected chi connectivity index (χ4v) is 3.34. The first-order valence-corrected chi connectivity index (χ1v) is 9.14. The predicted octanol–water partition coefficient (Wildman–Crippen LogP) is 2.48. The highest BCUT2D eigenvalue weighted by atomic mass is 16.5. The second-order valence-electron chi connectivity index (χ2n) is 6.76. The first-order valence-electron chi connectivity index (χ1n) is 9.14. The summed E-state index contributed by atoms with van der Waals surface area (Å²) in [5, 5.41) is 15.9. The molecule has 0 bridgehead atoms. The molecule has 27 heavy (non-hydrogen) atoms. The van der Waals surface area contributed by atoms with Gasteiger partial charge < -0.3 is 24.6 Å². The third-order valence-electron chi connectivity index (χ3n) is 4.73. The number of amides is 1. The van der Waals surface area contributed by atoms with Crippen molar-refractivity contribution in [2.24, 2.45) is 0 Å². The lowest BCUT2D eigenvalue weighted by atomic mass is 10.2. The van der Waals surface area contributed by atoms with Crippen LogP contribution in [0.3, 0.4) is 0 Å². The van der Waals surface area contributed by atoms with Crippen LogP contribution >= 0.6 is 0 Å². The lowest BCUT2D eigenvalue weighted by Gasteiger charge is -2.27. The average molecular weight is 365 g/mol. The number of hydrogen-bond acceptors (Lipinski definition) is 4. The number of nitrogens with zero attached hydrogens (tertiary/aromatic N) is 2. The molecule has 2 N–H and O–H groups in total. The molecular weight excluding hydrogens is 342 g/mol. The summed E-state index contributed by atoms with van der Waals surface area (Å²) in [6.07, 6.45) is 3.59. The van der Waals surface area contributed by atoms with Gasteiger partial charge in [-0.25, -0.2) is 0 Å². The summed E-state index contributed by atoms with van der Waals surface area (Å²) >= 11 is 0. The molecule has 0 aliphatic carbocycles. The van der Waals surface area contributed by atoms with Crippen LogP contribution in [0.4, 0.5) is 11.4 Å². The van der Waals surface area contributed by atoms with E-state index in [1.807, 2.05) is 53.4 Å². The molecule has 6 heteroatoms. The number of aliphatic hydroxyl groups is 1. The fraction of sp³-hybridized carbons (Fsp3) is 0.286. The highest BCUT2D eigenvalue weighted by Gasteiger charge is 2.19. The zero-order chi connectivity index (χ0) is 18.6. The Labute approximate surface area is 158 Å². The number of aromatic nitrogens is 1. The van der Waals surface area contributed by atoms with Gasteiger partial charge in [0, 0.05) is 43.4 Å². The third-order valence-corrected chi connectivity index (χ3v) is 4.73. The van der Waals surface area contributed by atoms with Crippen molar-refractivity contribution in [3.8, 4) is 0 Å². The smallest absolute Gasteiger partial charge is 0.253 e. The molecule has 4 rings (SSSR count). The Morgan fingerprint density at radius 1 is 1.07 bits per heavy atom. The van der Waals surface area contributed by atoms with Gasteiger partial charge in [0.2, 0.25) is 0 Å². The van der Waals surface area contributed by atoms with Gasteiger partial charge in [-0.3, -0.25) is 4.79 Å². The highest BCUT2D eigenvalue weighted by Crippen LogP contribution is 2.20. The van der Waals surface area contributed by atoms with E-state index in [0.717, 1.165) is 11.4 Å². The van der Waals surface area contributed by atoms with E-state index in [-0.39, 0.29) is 12.5 Å². The number of aliphatic hydroxyl groups excluding tert-OH is 1. The van der Waals surface area contributed by atoms with Crippen molar-refractivity contribution in [3.63, 3.8) is 0 Å². The second kappa shape index (κ2) is 7.82. The Kier molecular flexibility index (Phi) is 5.09. The molecule has 0 radical (unpaired) electrons. The normalized spacial score (nSPS) is 15.9. The number of rotatable bonds is 6. The minimum Gasteiger partial charge on any atom is -0.389 e. The number of morpholine rings is 1. The first-order chi connectivity index (χ1) is 13.2. The number of nitrogens with one attached hydrogen (secondary N) is 1. The van der Waals surface area contributed by atoms with E-state index in [9.17, 15) is 9.90 Å². The van der Waals surface area contributed by atoms with Gasteiger partial charge in [0.1, 0.15) is 6.61 Å². The second-order valence-corrected chi connectivity index (χ2v) is 6.76. The maximum Gasteiger partial charge on any atom is 0.253 e. The molecule has 1 aromatic heterocycles. The van der Waals surface area contributed by atoms with Crippen molar-refractivity contribution in [1.82, 2.24) is 4.57 Å². The summed E-state index contributed by atoms with van der Waals surface area (Å²) in [6.45, 7) is 2.26. The summed E-state index contributed by atoms with van der Waals surface area (Å²) in [5.74, 6) is -0.0171. The Balaban J connectivity index is 1.32. The van der Waals surface area contributed by atoms with Crippen molar-refractivity contribution in [3.05, 3.63) is 60.9 Å². The topological polar surface area (TPSA) is 66.7 Å². The molecule has 0 spiro atoms. The van der Waals surface area contributed by atoms with Crippen molar-refractivity contribution < 1.29 is 14.6 Å². The summed E-state index contributed by atoms with van der Waals surface area (Å²) in [4.78, 5) is 13.6. The van der Waals surface area contributed by atoms with E-state index < -0.39 is 6.10 Å². The molecule has 0 unspecified atom stereocenters. The van der Waals surface area contributed by atoms with Crippen LogP contribution in [0.15, 0.2) is 60.9 Å². The van der Waals surface area contributed by atoms with Crippen molar-refractivity contribution in [2.75, 3.05) is 36.5 Å². The molecule has 140 valence electrons. The van der Waals surface area contributed by atoms with Crippen LogP contribution in [0.1, 0.15) is 0 Å². The van der Waals surface area contributed by atoms with Crippen LogP contribution in [0.2, 0.25) is 0 Å². The van der Waals surface area contributed by atoms with E-state index in [2.05, 4.69) is 17.4 Å². The molecule has 1 aliphatic rings. The van der Waals surface area contributed by atoms with E-state index in [1.165, 1.54) is 10.8 Å². The standard InChI is InChI=1S/C21H23N3O3/c25-20(14-23-12-16-3-1-2-4-17(16)13-23)11-22-18-5-7-19(8-6-18)24-9-10-27-15-21(24)26/h1-8,12-13,20,22,25H,9-11,14-15H2/t20-/m1/s1. The lowest BCUT2D eigenvalue weighted by molar-refractivity contribution is -0.125. The van der Waals surface area contributed by atoms with Crippen LogP contribution < -0.4 is 10.2 Å². The molecule has 6 nitrogen and oxygen atoms in total. The quantitative estimate of drug-likeness (QED) is 0.704. The molecule has 2 aromatic carbocycles. The molecule has 1 saturated heterocycles. The largest absolute Gasteiger partial charge is 0.389 e. The van der Waals surface area contributed by atoms with Gasteiger partial charge >= 0.3 is 0 Å². The van der Waals surface area contributed by atoms with Crippen LogP contribution in [0.25, 0.3) is 10.8 Å². The molecule has 0 saturated carbocycles. The molecule has 2 heterocycles. The summed E-state index contributed by atoms with van der Waals surface area (Å²) in [7, 11) is 0. The SMILES string of the molecule is O=C1COCCN1c1ccc(NC[C@@H](O)Cn2cc3ccccc3c2)cc1. The van der Waals surface area contributed by atoms with Crippen LogP contribution in [-0.2, 0) is 16.1 Å². The van der Waals surface area contributed by atoms with Gasteiger partial charge in [0.15, 0.2) is 0 Å². The van der Waals surface area contributed by atoms with Gasteiger partial charge in [0.05, 0.1) is 12.7 Å². The van der Waals surface area contributed by atoms with Gasteiger partial charge in [0.25, 0.3) is 5.91 Å². The zero-order valence-corrected chi connectivity index (χ0v) is 15.0.